The van der Waals surface area contributed by atoms with E-state index in [9.17, 15) is 14.7 Å². The van der Waals surface area contributed by atoms with Gasteiger partial charge in [-0.25, -0.2) is 4.79 Å². The van der Waals surface area contributed by atoms with Gasteiger partial charge in [0.05, 0.1) is 24.2 Å². The van der Waals surface area contributed by atoms with Crippen molar-refractivity contribution in [3.8, 4) is 5.75 Å². The lowest BCUT2D eigenvalue weighted by molar-refractivity contribution is -0.122. The number of nitrogens with zero attached hydrogens (tertiary/aromatic N) is 1. The lowest BCUT2D eigenvalue weighted by atomic mass is 9.78. The summed E-state index contributed by atoms with van der Waals surface area (Å²) >= 11 is 0. The third-order valence-corrected chi connectivity index (χ3v) is 5.77. The molecule has 1 N–H and O–H groups in total. The second kappa shape index (κ2) is 8.81. The van der Waals surface area contributed by atoms with Gasteiger partial charge in [0.1, 0.15) is 17.1 Å². The molecule has 2 aromatic carbocycles. The highest BCUT2D eigenvalue weighted by atomic mass is 16.5. The molecular weight excluding hydrogens is 382 g/mol. The first-order valence-electron chi connectivity index (χ1n) is 10.2. The van der Waals surface area contributed by atoms with Crippen molar-refractivity contribution in [3.63, 3.8) is 0 Å². The van der Waals surface area contributed by atoms with Gasteiger partial charge in [0.15, 0.2) is 0 Å². The first-order chi connectivity index (χ1) is 14.6. The van der Waals surface area contributed by atoms with E-state index in [1.807, 2.05) is 30.3 Å². The second-order valence-electron chi connectivity index (χ2n) is 7.67. The zero-order chi connectivity index (χ0) is 21.1. The highest BCUT2D eigenvalue weighted by molar-refractivity contribution is 5.86. The normalized spacial score (nSPS) is 17.0. The Balaban J connectivity index is 1.87. The number of ketones is 1. The standard InChI is InChI=1S/C24H25NO5/c1-16(26)19(15-25-11-13-29-14-12-25)21(17-7-3-2-4-8-17)22-23(27)18-9-5-6-10-20(18)30-24(22)28/h2-10,19,21,27H,11-15H2,1H3/t19-,21+/m1/s1. The molecule has 156 valence electrons. The van der Waals surface area contributed by atoms with Crippen LogP contribution in [0.3, 0.4) is 0 Å². The number of morpholine rings is 1. The topological polar surface area (TPSA) is 80.0 Å². The molecule has 6 nitrogen and oxygen atoms in total. The van der Waals surface area contributed by atoms with Gasteiger partial charge >= 0.3 is 5.63 Å². The Labute approximate surface area is 174 Å². The van der Waals surface area contributed by atoms with Crippen LogP contribution >= 0.6 is 0 Å². The summed E-state index contributed by atoms with van der Waals surface area (Å²) in [6.45, 7) is 4.70. The van der Waals surface area contributed by atoms with E-state index in [2.05, 4.69) is 4.90 Å². The van der Waals surface area contributed by atoms with E-state index in [-0.39, 0.29) is 17.1 Å². The van der Waals surface area contributed by atoms with Gasteiger partial charge in [-0.05, 0) is 24.6 Å². The lowest BCUT2D eigenvalue weighted by Gasteiger charge is -2.33. The summed E-state index contributed by atoms with van der Waals surface area (Å²) in [6, 6.07) is 16.3. The number of carbonyl (C=O) groups is 1. The summed E-state index contributed by atoms with van der Waals surface area (Å²) < 4.78 is 11.0. The number of para-hydroxylation sites is 1. The van der Waals surface area contributed by atoms with E-state index >= 15 is 0 Å². The first kappa shape index (κ1) is 20.3. The molecule has 3 aromatic rings. The van der Waals surface area contributed by atoms with Crippen molar-refractivity contribution in [2.75, 3.05) is 32.8 Å². The van der Waals surface area contributed by atoms with Crippen molar-refractivity contribution in [2.45, 2.75) is 12.8 Å². The lowest BCUT2D eigenvalue weighted by Crippen LogP contribution is -2.43. The molecule has 1 aliphatic heterocycles. The molecule has 2 heterocycles. The number of hydrogen-bond donors (Lipinski definition) is 1. The molecule has 0 radical (unpaired) electrons. The highest BCUT2D eigenvalue weighted by Crippen LogP contribution is 2.39. The fourth-order valence-electron chi connectivity index (χ4n) is 4.21. The third-order valence-electron chi connectivity index (χ3n) is 5.77. The van der Waals surface area contributed by atoms with Gasteiger partial charge in [0.25, 0.3) is 0 Å². The molecule has 30 heavy (non-hydrogen) atoms. The summed E-state index contributed by atoms with van der Waals surface area (Å²) in [6.07, 6.45) is 0. The number of rotatable bonds is 6. The molecule has 2 atom stereocenters. The highest BCUT2D eigenvalue weighted by Gasteiger charge is 2.35. The van der Waals surface area contributed by atoms with Gasteiger partial charge in [-0.1, -0.05) is 42.5 Å². The van der Waals surface area contributed by atoms with Crippen LogP contribution in [0, 0.1) is 5.92 Å². The Morgan fingerprint density at radius 1 is 1.07 bits per heavy atom. The Morgan fingerprint density at radius 3 is 2.43 bits per heavy atom. The number of ether oxygens (including phenoxy) is 1. The van der Waals surface area contributed by atoms with Crippen molar-refractivity contribution in [3.05, 3.63) is 76.1 Å². The molecule has 6 heteroatoms. The molecule has 1 fully saturated rings. The van der Waals surface area contributed by atoms with Crippen molar-refractivity contribution in [1.29, 1.82) is 0 Å². The minimum Gasteiger partial charge on any atom is -0.507 e. The fourth-order valence-corrected chi connectivity index (χ4v) is 4.21. The van der Waals surface area contributed by atoms with E-state index in [1.54, 1.807) is 31.2 Å². The van der Waals surface area contributed by atoms with Gasteiger partial charge in [0, 0.05) is 31.5 Å². The zero-order valence-corrected chi connectivity index (χ0v) is 16.9. The van der Waals surface area contributed by atoms with Gasteiger partial charge in [-0.3, -0.25) is 9.69 Å². The number of benzene rings is 2. The van der Waals surface area contributed by atoms with Crippen LogP contribution in [0.15, 0.2) is 63.8 Å². The maximum absolute atomic E-state index is 13.0. The molecule has 0 bridgehead atoms. The SMILES string of the molecule is CC(=O)[C@@H](CN1CCOCC1)[C@H](c1ccccc1)c1c(O)c2ccccc2oc1=O. The van der Waals surface area contributed by atoms with E-state index in [0.717, 1.165) is 18.7 Å². The molecule has 0 unspecified atom stereocenters. The predicted octanol–water partition coefficient (Wildman–Crippen LogP) is 3.17. The van der Waals surface area contributed by atoms with Crippen LogP contribution in [0.5, 0.6) is 5.75 Å². The van der Waals surface area contributed by atoms with Gasteiger partial charge < -0.3 is 14.3 Å². The number of aromatic hydroxyl groups is 1. The van der Waals surface area contributed by atoms with Crippen molar-refractivity contribution in [2.24, 2.45) is 5.92 Å². The number of Topliss-reactive ketones (excluding diaryl/α,β-unsaturated/α-hetero) is 1. The number of carbonyl (C=O) groups excluding carboxylic acids is 1. The summed E-state index contributed by atoms with van der Waals surface area (Å²) in [5.41, 5.74) is 0.633. The zero-order valence-electron chi connectivity index (χ0n) is 16.9. The quantitative estimate of drug-likeness (QED) is 0.633. The van der Waals surface area contributed by atoms with E-state index < -0.39 is 17.5 Å². The van der Waals surface area contributed by atoms with Crippen LogP contribution in [0.1, 0.15) is 24.0 Å². The van der Waals surface area contributed by atoms with Crippen LogP contribution in [0.4, 0.5) is 0 Å². The van der Waals surface area contributed by atoms with Crippen molar-refractivity contribution in [1.82, 2.24) is 4.90 Å². The Kier molecular flexibility index (Phi) is 5.97. The molecule has 4 rings (SSSR count). The van der Waals surface area contributed by atoms with Crippen LogP contribution in [0.2, 0.25) is 0 Å². The monoisotopic (exact) mass is 407 g/mol. The van der Waals surface area contributed by atoms with Crippen LogP contribution < -0.4 is 5.63 Å². The van der Waals surface area contributed by atoms with Crippen LogP contribution in [0.25, 0.3) is 11.0 Å². The number of hydrogen-bond acceptors (Lipinski definition) is 6. The molecular formula is C24H25NO5. The second-order valence-corrected chi connectivity index (χ2v) is 7.67. The molecule has 0 saturated carbocycles. The molecule has 1 saturated heterocycles. The molecule has 1 aromatic heterocycles. The fraction of sp³-hybridized carbons (Fsp3) is 0.333. The van der Waals surface area contributed by atoms with Gasteiger partial charge in [-0.15, -0.1) is 0 Å². The summed E-state index contributed by atoms with van der Waals surface area (Å²) in [5, 5.41) is 11.6. The van der Waals surface area contributed by atoms with Crippen LogP contribution in [-0.4, -0.2) is 48.6 Å². The summed E-state index contributed by atoms with van der Waals surface area (Å²) in [5.74, 6) is -1.29. The number of fused-ring (bicyclic) bond motifs is 1. The first-order valence-corrected chi connectivity index (χ1v) is 10.2. The molecule has 1 aliphatic rings. The Bertz CT molecular complexity index is 1090. The van der Waals surface area contributed by atoms with Gasteiger partial charge in [-0.2, -0.15) is 0 Å². The maximum atomic E-state index is 13.0. The van der Waals surface area contributed by atoms with Crippen LogP contribution in [-0.2, 0) is 9.53 Å². The summed E-state index contributed by atoms with van der Waals surface area (Å²) in [4.78, 5) is 28.0. The average molecular weight is 407 g/mol. The van der Waals surface area contributed by atoms with E-state index in [1.165, 1.54) is 0 Å². The minimum absolute atomic E-state index is 0.0395. The molecule has 0 aliphatic carbocycles. The van der Waals surface area contributed by atoms with Crippen molar-refractivity contribution < 1.29 is 19.1 Å². The Hall–Kier alpha value is -2.96. The molecule has 0 amide bonds. The minimum atomic E-state index is -0.618. The third kappa shape index (κ3) is 4.01. The van der Waals surface area contributed by atoms with Crippen molar-refractivity contribution >= 4 is 16.8 Å². The maximum Gasteiger partial charge on any atom is 0.343 e. The largest absolute Gasteiger partial charge is 0.507 e. The average Bonchev–Trinajstić information content (AvgIpc) is 2.76. The van der Waals surface area contributed by atoms with Gasteiger partial charge in [0.2, 0.25) is 0 Å². The van der Waals surface area contributed by atoms with E-state index in [4.69, 9.17) is 9.15 Å². The summed E-state index contributed by atoms with van der Waals surface area (Å²) in [7, 11) is 0. The smallest absolute Gasteiger partial charge is 0.343 e. The Morgan fingerprint density at radius 2 is 1.73 bits per heavy atom. The predicted molar refractivity (Wildman–Crippen MR) is 114 cm³/mol. The molecule has 0 spiro atoms. The van der Waals surface area contributed by atoms with E-state index in [0.29, 0.717) is 30.7 Å².